The Morgan fingerprint density at radius 3 is 2.87 bits per heavy atom. The highest BCUT2D eigenvalue weighted by molar-refractivity contribution is 4.95. The molecule has 3 heteroatoms. The summed E-state index contributed by atoms with van der Waals surface area (Å²) in [4.78, 5) is 4.94. The first-order valence-electron chi connectivity index (χ1n) is 6.28. The number of nitrogens with one attached hydrogen (secondary N) is 1. The molecule has 0 amide bonds. The van der Waals surface area contributed by atoms with Crippen molar-refractivity contribution in [1.29, 1.82) is 0 Å². The average Bonchev–Trinajstić information content (AvgIpc) is 2.78. The fraction of sp³-hybridized carbons (Fsp3) is 1.00. The zero-order chi connectivity index (χ0) is 10.7. The summed E-state index contributed by atoms with van der Waals surface area (Å²) < 4.78 is 0. The van der Waals surface area contributed by atoms with Gasteiger partial charge in [0, 0.05) is 13.1 Å². The Morgan fingerprint density at radius 1 is 1.33 bits per heavy atom. The van der Waals surface area contributed by atoms with Crippen molar-refractivity contribution in [3.63, 3.8) is 0 Å². The maximum absolute atomic E-state index is 3.51. The fourth-order valence-electron chi connectivity index (χ4n) is 2.97. The summed E-state index contributed by atoms with van der Waals surface area (Å²) >= 11 is 0. The Hall–Kier alpha value is -0.120. The lowest BCUT2D eigenvalue weighted by Gasteiger charge is -2.23. The van der Waals surface area contributed by atoms with Gasteiger partial charge in [-0.05, 0) is 65.0 Å². The molecular weight excluding hydrogens is 186 g/mol. The van der Waals surface area contributed by atoms with Crippen molar-refractivity contribution in [1.82, 2.24) is 15.1 Å². The minimum atomic E-state index is 0.651. The van der Waals surface area contributed by atoms with Gasteiger partial charge in [-0.15, -0.1) is 0 Å². The fourth-order valence-corrected chi connectivity index (χ4v) is 2.97. The Labute approximate surface area is 93.8 Å². The van der Waals surface area contributed by atoms with Gasteiger partial charge in [-0.2, -0.15) is 0 Å². The molecule has 0 aromatic heterocycles. The molecule has 0 saturated carbocycles. The molecule has 1 atom stereocenters. The number of rotatable bonds is 4. The van der Waals surface area contributed by atoms with E-state index in [9.17, 15) is 0 Å². The van der Waals surface area contributed by atoms with E-state index in [4.69, 9.17) is 0 Å². The predicted molar refractivity (Wildman–Crippen MR) is 64.1 cm³/mol. The van der Waals surface area contributed by atoms with Gasteiger partial charge < -0.3 is 15.1 Å². The summed E-state index contributed by atoms with van der Waals surface area (Å²) in [5, 5.41) is 3.51. The first-order valence-corrected chi connectivity index (χ1v) is 6.28. The normalized spacial score (nSPS) is 32.2. The molecule has 2 heterocycles. The molecule has 2 aliphatic heterocycles. The lowest BCUT2D eigenvalue weighted by molar-refractivity contribution is 0.260. The van der Waals surface area contributed by atoms with Crippen molar-refractivity contribution >= 4 is 0 Å². The van der Waals surface area contributed by atoms with Gasteiger partial charge in [0.1, 0.15) is 0 Å². The summed E-state index contributed by atoms with van der Waals surface area (Å²) in [7, 11) is 4.32. The minimum absolute atomic E-state index is 0.651. The summed E-state index contributed by atoms with van der Waals surface area (Å²) in [6.45, 7) is 7.69. The second-order valence-corrected chi connectivity index (χ2v) is 5.61. The highest BCUT2D eigenvalue weighted by Crippen LogP contribution is 2.35. The Balaban J connectivity index is 1.68. The SMILES string of the molecule is CN(C)CCCN1CCC2(CCNC2)C1. The van der Waals surface area contributed by atoms with E-state index >= 15 is 0 Å². The Kier molecular flexibility index (Phi) is 3.65. The molecule has 2 saturated heterocycles. The van der Waals surface area contributed by atoms with Crippen LogP contribution in [0.1, 0.15) is 19.3 Å². The van der Waals surface area contributed by atoms with Crippen molar-refractivity contribution in [2.75, 3.05) is 53.4 Å². The second kappa shape index (κ2) is 4.81. The van der Waals surface area contributed by atoms with Crippen LogP contribution in [0.25, 0.3) is 0 Å². The van der Waals surface area contributed by atoms with Gasteiger partial charge >= 0.3 is 0 Å². The second-order valence-electron chi connectivity index (χ2n) is 5.61. The molecule has 0 aromatic rings. The van der Waals surface area contributed by atoms with E-state index in [-0.39, 0.29) is 0 Å². The zero-order valence-corrected chi connectivity index (χ0v) is 10.3. The largest absolute Gasteiger partial charge is 0.316 e. The molecule has 1 spiro atoms. The van der Waals surface area contributed by atoms with Crippen LogP contribution in [0.4, 0.5) is 0 Å². The van der Waals surface area contributed by atoms with Crippen molar-refractivity contribution in [2.24, 2.45) is 5.41 Å². The van der Waals surface area contributed by atoms with E-state index in [1.54, 1.807) is 0 Å². The van der Waals surface area contributed by atoms with Crippen molar-refractivity contribution < 1.29 is 0 Å². The molecular formula is C12H25N3. The molecule has 2 rings (SSSR count). The van der Waals surface area contributed by atoms with Crippen LogP contribution >= 0.6 is 0 Å². The summed E-state index contributed by atoms with van der Waals surface area (Å²) in [5.41, 5.74) is 0.651. The van der Waals surface area contributed by atoms with E-state index in [0.717, 1.165) is 0 Å². The Bertz CT molecular complexity index is 197. The van der Waals surface area contributed by atoms with Gasteiger partial charge in [0.2, 0.25) is 0 Å². The van der Waals surface area contributed by atoms with E-state index in [1.165, 1.54) is 58.5 Å². The van der Waals surface area contributed by atoms with Crippen molar-refractivity contribution in [3.05, 3.63) is 0 Å². The van der Waals surface area contributed by atoms with Gasteiger partial charge in [-0.1, -0.05) is 0 Å². The lowest BCUT2D eigenvalue weighted by atomic mass is 9.87. The van der Waals surface area contributed by atoms with Gasteiger partial charge in [0.25, 0.3) is 0 Å². The summed E-state index contributed by atoms with van der Waals surface area (Å²) in [5.74, 6) is 0. The molecule has 2 fully saturated rings. The van der Waals surface area contributed by atoms with Gasteiger partial charge in [0.05, 0.1) is 0 Å². The Morgan fingerprint density at radius 2 is 2.20 bits per heavy atom. The average molecular weight is 211 g/mol. The maximum Gasteiger partial charge on any atom is 0.00511 e. The number of likely N-dealkylation sites (tertiary alicyclic amines) is 1. The highest BCUT2D eigenvalue weighted by atomic mass is 15.2. The minimum Gasteiger partial charge on any atom is -0.316 e. The van der Waals surface area contributed by atoms with Gasteiger partial charge in [0.15, 0.2) is 0 Å². The third kappa shape index (κ3) is 2.92. The third-order valence-electron chi connectivity index (χ3n) is 3.93. The first-order chi connectivity index (χ1) is 7.20. The summed E-state index contributed by atoms with van der Waals surface area (Å²) in [6.07, 6.45) is 4.13. The van der Waals surface area contributed by atoms with Crippen molar-refractivity contribution in [2.45, 2.75) is 19.3 Å². The molecule has 0 bridgehead atoms. The molecule has 0 radical (unpaired) electrons. The van der Waals surface area contributed by atoms with E-state index in [2.05, 4.69) is 29.2 Å². The lowest BCUT2D eigenvalue weighted by Crippen LogP contribution is -2.30. The standard InChI is InChI=1S/C12H25N3/c1-14(2)7-3-8-15-9-5-12(11-15)4-6-13-10-12/h13H,3-11H2,1-2H3. The molecule has 3 nitrogen and oxygen atoms in total. The van der Waals surface area contributed by atoms with Crippen LogP contribution in [0, 0.1) is 5.41 Å². The van der Waals surface area contributed by atoms with Crippen LogP contribution in [0.3, 0.4) is 0 Å². The van der Waals surface area contributed by atoms with Crippen LogP contribution < -0.4 is 5.32 Å². The molecule has 1 unspecified atom stereocenters. The van der Waals surface area contributed by atoms with Crippen LogP contribution in [0.15, 0.2) is 0 Å². The number of nitrogens with zero attached hydrogens (tertiary/aromatic N) is 2. The van der Waals surface area contributed by atoms with E-state index in [1.807, 2.05) is 0 Å². The monoisotopic (exact) mass is 211 g/mol. The van der Waals surface area contributed by atoms with Crippen molar-refractivity contribution in [3.8, 4) is 0 Å². The van der Waals surface area contributed by atoms with Crippen LogP contribution in [-0.4, -0.2) is 63.2 Å². The molecule has 1 N–H and O–H groups in total. The molecule has 2 aliphatic rings. The van der Waals surface area contributed by atoms with E-state index < -0.39 is 0 Å². The quantitative estimate of drug-likeness (QED) is 0.735. The van der Waals surface area contributed by atoms with Crippen LogP contribution in [0.2, 0.25) is 0 Å². The number of hydrogen-bond donors (Lipinski definition) is 1. The highest BCUT2D eigenvalue weighted by Gasteiger charge is 2.39. The summed E-state index contributed by atoms with van der Waals surface area (Å²) in [6, 6.07) is 0. The maximum atomic E-state index is 3.51. The van der Waals surface area contributed by atoms with Gasteiger partial charge in [-0.3, -0.25) is 0 Å². The molecule has 0 aromatic carbocycles. The molecule has 88 valence electrons. The van der Waals surface area contributed by atoms with Crippen LogP contribution in [0.5, 0.6) is 0 Å². The third-order valence-corrected chi connectivity index (χ3v) is 3.93. The molecule has 0 aliphatic carbocycles. The topological polar surface area (TPSA) is 18.5 Å². The zero-order valence-electron chi connectivity index (χ0n) is 10.3. The predicted octanol–water partition coefficient (Wildman–Crippen LogP) is 0.623. The van der Waals surface area contributed by atoms with Crippen LogP contribution in [-0.2, 0) is 0 Å². The molecule has 15 heavy (non-hydrogen) atoms. The smallest absolute Gasteiger partial charge is 0.00511 e. The first kappa shape index (κ1) is 11.4. The number of hydrogen-bond acceptors (Lipinski definition) is 3. The van der Waals surface area contributed by atoms with E-state index in [0.29, 0.717) is 5.41 Å². The van der Waals surface area contributed by atoms with Gasteiger partial charge in [-0.25, -0.2) is 0 Å².